The van der Waals surface area contributed by atoms with Gasteiger partial charge >= 0.3 is 0 Å². The third kappa shape index (κ3) is 4.15. The third-order valence-corrected chi connectivity index (χ3v) is 5.46. The second-order valence-corrected chi connectivity index (χ2v) is 7.41. The highest BCUT2D eigenvalue weighted by molar-refractivity contribution is 6.46. The van der Waals surface area contributed by atoms with Crippen molar-refractivity contribution in [2.75, 3.05) is 14.2 Å². The number of amides is 1. The standard InChI is InChI=1S/C25H21FN2O5/c1-32-19-10-7-17(12-20(19)33-2)22-21(23(29)16-5-8-18(26)9-6-16)24(30)25(31)28(22)14-15-4-3-11-27-13-15/h3-13,22,29H,14H2,1-2H3/b23-21-. The largest absolute Gasteiger partial charge is 0.507 e. The van der Waals surface area contributed by atoms with Gasteiger partial charge in [-0.3, -0.25) is 14.6 Å². The predicted octanol–water partition coefficient (Wildman–Crippen LogP) is 3.86. The number of aliphatic hydroxyl groups is 1. The van der Waals surface area contributed by atoms with Crippen LogP contribution < -0.4 is 9.47 Å². The summed E-state index contributed by atoms with van der Waals surface area (Å²) in [5.74, 6) is -1.59. The molecule has 1 aliphatic heterocycles. The van der Waals surface area contributed by atoms with E-state index in [0.717, 1.165) is 0 Å². The Morgan fingerprint density at radius 1 is 1.06 bits per heavy atom. The van der Waals surface area contributed by atoms with Gasteiger partial charge in [-0.1, -0.05) is 12.1 Å². The first-order valence-electron chi connectivity index (χ1n) is 10.1. The zero-order valence-corrected chi connectivity index (χ0v) is 18.0. The van der Waals surface area contributed by atoms with E-state index in [1.54, 1.807) is 42.7 Å². The first kappa shape index (κ1) is 22.0. The average Bonchev–Trinajstić information content (AvgIpc) is 3.09. The molecule has 1 amide bonds. The summed E-state index contributed by atoms with van der Waals surface area (Å²) in [5.41, 5.74) is 1.38. The molecular formula is C25H21FN2O5. The van der Waals surface area contributed by atoms with Crippen LogP contribution in [0.15, 0.2) is 72.6 Å². The number of methoxy groups -OCH3 is 2. The quantitative estimate of drug-likeness (QED) is 0.350. The fourth-order valence-corrected chi connectivity index (χ4v) is 3.86. The van der Waals surface area contributed by atoms with Gasteiger partial charge in [-0.25, -0.2) is 4.39 Å². The molecule has 1 unspecified atom stereocenters. The van der Waals surface area contributed by atoms with E-state index in [2.05, 4.69) is 4.98 Å². The topological polar surface area (TPSA) is 89.0 Å². The van der Waals surface area contributed by atoms with Crippen molar-refractivity contribution in [2.45, 2.75) is 12.6 Å². The molecule has 8 heteroatoms. The van der Waals surface area contributed by atoms with E-state index >= 15 is 0 Å². The molecule has 1 saturated heterocycles. The number of rotatable bonds is 6. The minimum absolute atomic E-state index is 0.0947. The highest BCUT2D eigenvalue weighted by Gasteiger charge is 2.46. The minimum Gasteiger partial charge on any atom is -0.507 e. The number of aromatic nitrogens is 1. The molecule has 1 atom stereocenters. The number of aliphatic hydroxyl groups excluding tert-OH is 1. The molecular weight excluding hydrogens is 427 g/mol. The number of Topliss-reactive ketones (excluding diaryl/α,β-unsaturated/α-hetero) is 1. The zero-order valence-electron chi connectivity index (χ0n) is 18.0. The van der Waals surface area contributed by atoms with Crippen LogP contribution in [0.3, 0.4) is 0 Å². The summed E-state index contributed by atoms with van der Waals surface area (Å²) in [6, 6.07) is 12.7. The van der Waals surface area contributed by atoms with Crippen molar-refractivity contribution in [2.24, 2.45) is 0 Å². The van der Waals surface area contributed by atoms with E-state index in [0.29, 0.717) is 22.6 Å². The summed E-state index contributed by atoms with van der Waals surface area (Å²) in [6.07, 6.45) is 3.21. The fourth-order valence-electron chi connectivity index (χ4n) is 3.86. The van der Waals surface area contributed by atoms with E-state index in [1.807, 2.05) is 0 Å². The van der Waals surface area contributed by atoms with Gasteiger partial charge in [0.2, 0.25) is 0 Å². The van der Waals surface area contributed by atoms with E-state index in [1.165, 1.54) is 43.4 Å². The number of nitrogens with zero attached hydrogens (tertiary/aromatic N) is 2. The van der Waals surface area contributed by atoms with E-state index < -0.39 is 23.5 Å². The van der Waals surface area contributed by atoms with Gasteiger partial charge in [0.1, 0.15) is 11.6 Å². The van der Waals surface area contributed by atoms with Gasteiger partial charge in [-0.15, -0.1) is 0 Å². The minimum atomic E-state index is -0.907. The number of pyridine rings is 1. The Bertz CT molecular complexity index is 1230. The summed E-state index contributed by atoms with van der Waals surface area (Å²) < 4.78 is 24.1. The molecule has 2 heterocycles. The first-order valence-corrected chi connectivity index (χ1v) is 10.1. The Balaban J connectivity index is 1.89. The SMILES string of the molecule is COc1ccc(C2/C(=C(/O)c3ccc(F)cc3)C(=O)C(=O)N2Cc2cccnc2)cc1OC. The van der Waals surface area contributed by atoms with Crippen LogP contribution in [0, 0.1) is 5.82 Å². The van der Waals surface area contributed by atoms with E-state index in [4.69, 9.17) is 9.47 Å². The Morgan fingerprint density at radius 2 is 1.79 bits per heavy atom. The summed E-state index contributed by atoms with van der Waals surface area (Å²) in [4.78, 5) is 31.6. The second kappa shape index (κ2) is 9.12. The Hall–Kier alpha value is -4.20. The summed E-state index contributed by atoms with van der Waals surface area (Å²) in [6.45, 7) is 0.0949. The van der Waals surface area contributed by atoms with Crippen LogP contribution in [0.4, 0.5) is 4.39 Å². The average molecular weight is 448 g/mol. The maximum Gasteiger partial charge on any atom is 0.295 e. The molecule has 1 fully saturated rings. The highest BCUT2D eigenvalue weighted by Crippen LogP contribution is 2.42. The van der Waals surface area contributed by atoms with Gasteiger partial charge in [0.05, 0.1) is 25.8 Å². The number of carbonyl (C=O) groups is 2. The van der Waals surface area contributed by atoms with Crippen molar-refractivity contribution in [3.63, 3.8) is 0 Å². The van der Waals surface area contributed by atoms with Crippen LogP contribution in [0.25, 0.3) is 5.76 Å². The molecule has 168 valence electrons. The second-order valence-electron chi connectivity index (χ2n) is 7.41. The molecule has 0 aliphatic carbocycles. The Morgan fingerprint density at radius 3 is 2.42 bits per heavy atom. The molecule has 0 radical (unpaired) electrons. The van der Waals surface area contributed by atoms with Crippen LogP contribution in [-0.4, -0.2) is 40.9 Å². The number of likely N-dealkylation sites (tertiary alicyclic amines) is 1. The molecule has 1 N–H and O–H groups in total. The number of ketones is 1. The van der Waals surface area contributed by atoms with Crippen LogP contribution >= 0.6 is 0 Å². The Labute approximate surface area is 189 Å². The zero-order chi connectivity index (χ0) is 23.5. The normalized spacial score (nSPS) is 17.3. The lowest BCUT2D eigenvalue weighted by Gasteiger charge is -2.26. The summed E-state index contributed by atoms with van der Waals surface area (Å²) >= 11 is 0. The van der Waals surface area contributed by atoms with E-state index in [-0.39, 0.29) is 23.4 Å². The van der Waals surface area contributed by atoms with Gasteiger partial charge in [-0.05, 0) is 53.6 Å². The summed E-state index contributed by atoms with van der Waals surface area (Å²) in [5, 5.41) is 11.0. The van der Waals surface area contributed by atoms with Gasteiger partial charge < -0.3 is 19.5 Å². The maximum absolute atomic E-state index is 13.4. The number of carbonyl (C=O) groups excluding carboxylic acids is 2. The molecule has 1 aromatic heterocycles. The van der Waals surface area contributed by atoms with Gasteiger partial charge in [0, 0.05) is 24.5 Å². The molecule has 33 heavy (non-hydrogen) atoms. The number of hydrogen-bond donors (Lipinski definition) is 1. The van der Waals surface area contributed by atoms with Crippen molar-refractivity contribution in [3.8, 4) is 11.5 Å². The molecule has 1 aliphatic rings. The highest BCUT2D eigenvalue weighted by atomic mass is 19.1. The molecule has 3 aromatic rings. The molecule has 7 nitrogen and oxygen atoms in total. The number of benzene rings is 2. The smallest absolute Gasteiger partial charge is 0.295 e. The van der Waals surface area contributed by atoms with Crippen LogP contribution in [0.5, 0.6) is 11.5 Å². The van der Waals surface area contributed by atoms with Crippen molar-refractivity contribution >= 4 is 17.4 Å². The number of ether oxygens (including phenoxy) is 2. The maximum atomic E-state index is 13.4. The van der Waals surface area contributed by atoms with Gasteiger partial charge in [0.25, 0.3) is 11.7 Å². The fraction of sp³-hybridized carbons (Fsp3) is 0.160. The predicted molar refractivity (Wildman–Crippen MR) is 118 cm³/mol. The molecule has 2 aromatic carbocycles. The van der Waals surface area contributed by atoms with Crippen molar-refractivity contribution in [1.29, 1.82) is 0 Å². The van der Waals surface area contributed by atoms with Crippen LogP contribution in [-0.2, 0) is 16.1 Å². The van der Waals surface area contributed by atoms with Gasteiger partial charge in [0.15, 0.2) is 11.5 Å². The lowest BCUT2D eigenvalue weighted by atomic mass is 9.95. The van der Waals surface area contributed by atoms with Gasteiger partial charge in [-0.2, -0.15) is 0 Å². The summed E-state index contributed by atoms with van der Waals surface area (Å²) in [7, 11) is 2.98. The molecule has 0 bridgehead atoms. The first-order chi connectivity index (χ1) is 15.9. The monoisotopic (exact) mass is 448 g/mol. The molecule has 0 saturated carbocycles. The van der Waals surface area contributed by atoms with Crippen molar-refractivity contribution in [3.05, 3.63) is 95.1 Å². The number of hydrogen-bond acceptors (Lipinski definition) is 6. The van der Waals surface area contributed by atoms with Crippen molar-refractivity contribution < 1.29 is 28.6 Å². The third-order valence-electron chi connectivity index (χ3n) is 5.46. The van der Waals surface area contributed by atoms with Crippen molar-refractivity contribution in [1.82, 2.24) is 9.88 Å². The molecule has 0 spiro atoms. The molecule has 4 rings (SSSR count). The van der Waals surface area contributed by atoms with Crippen LogP contribution in [0.1, 0.15) is 22.7 Å². The number of halogens is 1. The lowest BCUT2D eigenvalue weighted by Crippen LogP contribution is -2.29. The lowest BCUT2D eigenvalue weighted by molar-refractivity contribution is -0.140. The van der Waals surface area contributed by atoms with E-state index in [9.17, 15) is 19.1 Å². The van der Waals surface area contributed by atoms with Crippen LogP contribution in [0.2, 0.25) is 0 Å². The Kier molecular flexibility index (Phi) is 6.08.